The Hall–Kier alpha value is -3.35. The normalized spacial score (nSPS) is 15.1. The zero-order valence-electron chi connectivity index (χ0n) is 19.5. The van der Waals surface area contributed by atoms with E-state index < -0.39 is 12.1 Å². The zero-order valence-corrected chi connectivity index (χ0v) is 19.5. The number of piperidine rings is 1. The Morgan fingerprint density at radius 2 is 1.64 bits per heavy atom. The van der Waals surface area contributed by atoms with Crippen LogP contribution in [-0.2, 0) is 16.1 Å². The molecule has 0 unspecified atom stereocenters. The van der Waals surface area contributed by atoms with Gasteiger partial charge in [-0.3, -0.25) is 9.59 Å². The van der Waals surface area contributed by atoms with Crippen LogP contribution in [0.4, 0.5) is 4.79 Å². The molecule has 1 aliphatic rings. The summed E-state index contributed by atoms with van der Waals surface area (Å²) >= 11 is 0. The Balaban J connectivity index is 1.52. The molecular weight excluding hydrogens is 420 g/mol. The van der Waals surface area contributed by atoms with Gasteiger partial charge in [-0.15, -0.1) is 0 Å². The average Bonchev–Trinajstić information content (AvgIpc) is 2.86. The Morgan fingerprint density at radius 3 is 2.21 bits per heavy atom. The van der Waals surface area contributed by atoms with Gasteiger partial charge >= 0.3 is 6.09 Å². The second-order valence-electron chi connectivity index (χ2n) is 8.62. The van der Waals surface area contributed by atoms with Crippen molar-refractivity contribution in [3.63, 3.8) is 0 Å². The fourth-order valence-corrected chi connectivity index (χ4v) is 3.96. The first kappa shape index (κ1) is 24.3. The molecule has 33 heavy (non-hydrogen) atoms. The van der Waals surface area contributed by atoms with E-state index in [1.54, 1.807) is 36.3 Å². The number of carbonyl (C=O) groups is 3. The van der Waals surface area contributed by atoms with Crippen LogP contribution in [-0.4, -0.2) is 48.9 Å². The lowest BCUT2D eigenvalue weighted by Crippen LogP contribution is -2.53. The summed E-state index contributed by atoms with van der Waals surface area (Å²) in [5.74, 6) is 0.440. The summed E-state index contributed by atoms with van der Waals surface area (Å²) in [5.41, 5.74) is 1.53. The maximum absolute atomic E-state index is 13.1. The van der Waals surface area contributed by atoms with Gasteiger partial charge < -0.3 is 19.7 Å². The van der Waals surface area contributed by atoms with Crippen LogP contribution < -0.4 is 10.1 Å². The highest BCUT2D eigenvalue weighted by Crippen LogP contribution is 2.24. The van der Waals surface area contributed by atoms with Crippen molar-refractivity contribution in [1.82, 2.24) is 10.2 Å². The van der Waals surface area contributed by atoms with Crippen molar-refractivity contribution in [2.45, 2.75) is 39.3 Å². The Kier molecular flexibility index (Phi) is 8.46. The molecule has 176 valence electrons. The van der Waals surface area contributed by atoms with Gasteiger partial charge in [0.15, 0.2) is 5.78 Å². The molecule has 2 aromatic rings. The van der Waals surface area contributed by atoms with Crippen molar-refractivity contribution in [1.29, 1.82) is 0 Å². The molecule has 1 aliphatic heterocycles. The molecule has 1 fully saturated rings. The van der Waals surface area contributed by atoms with Crippen molar-refractivity contribution in [3.8, 4) is 5.75 Å². The summed E-state index contributed by atoms with van der Waals surface area (Å²) in [4.78, 5) is 40.0. The zero-order chi connectivity index (χ0) is 23.8. The first-order chi connectivity index (χ1) is 15.9. The fraction of sp³-hybridized carbons (Fsp3) is 0.423. The molecular formula is C26H32N2O5. The van der Waals surface area contributed by atoms with Crippen molar-refractivity contribution in [3.05, 3.63) is 65.7 Å². The molecule has 0 aliphatic carbocycles. The van der Waals surface area contributed by atoms with Gasteiger partial charge in [-0.1, -0.05) is 44.2 Å². The van der Waals surface area contributed by atoms with E-state index in [1.807, 2.05) is 44.2 Å². The molecule has 0 spiro atoms. The van der Waals surface area contributed by atoms with E-state index in [0.29, 0.717) is 37.2 Å². The molecule has 1 saturated heterocycles. The molecule has 0 aromatic heterocycles. The molecule has 0 saturated carbocycles. The molecule has 3 rings (SSSR count). The minimum atomic E-state index is -0.679. The van der Waals surface area contributed by atoms with Crippen LogP contribution in [0.3, 0.4) is 0 Å². The largest absolute Gasteiger partial charge is 0.497 e. The molecule has 2 amide bonds. The summed E-state index contributed by atoms with van der Waals surface area (Å²) in [6, 6.07) is 15.8. The van der Waals surface area contributed by atoms with Gasteiger partial charge in [-0.25, -0.2) is 4.79 Å². The summed E-state index contributed by atoms with van der Waals surface area (Å²) < 4.78 is 10.4. The minimum absolute atomic E-state index is 0.0905. The van der Waals surface area contributed by atoms with Gasteiger partial charge in [0.1, 0.15) is 18.4 Å². The predicted octanol–water partition coefficient (Wildman–Crippen LogP) is 4.07. The van der Waals surface area contributed by atoms with Crippen molar-refractivity contribution >= 4 is 17.8 Å². The average molecular weight is 453 g/mol. The number of ketones is 1. The lowest BCUT2D eigenvalue weighted by Gasteiger charge is -2.34. The fourth-order valence-electron chi connectivity index (χ4n) is 3.96. The number of Topliss-reactive ketones (excluding diaryl/α,β-unsaturated/α-hetero) is 1. The summed E-state index contributed by atoms with van der Waals surface area (Å²) in [6.45, 7) is 4.88. The number of nitrogens with zero attached hydrogens (tertiary/aromatic N) is 1. The van der Waals surface area contributed by atoms with Crippen LogP contribution in [0.5, 0.6) is 5.75 Å². The van der Waals surface area contributed by atoms with E-state index in [-0.39, 0.29) is 30.1 Å². The van der Waals surface area contributed by atoms with E-state index in [4.69, 9.17) is 9.47 Å². The second kappa shape index (κ2) is 11.5. The van der Waals surface area contributed by atoms with Crippen LogP contribution in [0.2, 0.25) is 0 Å². The number of hydrogen-bond acceptors (Lipinski definition) is 5. The van der Waals surface area contributed by atoms with E-state index in [1.165, 1.54) is 0 Å². The third-order valence-corrected chi connectivity index (χ3v) is 5.97. The van der Waals surface area contributed by atoms with Crippen LogP contribution in [0.15, 0.2) is 54.6 Å². The number of alkyl carbamates (subject to hydrolysis) is 1. The topological polar surface area (TPSA) is 84.9 Å². The highest BCUT2D eigenvalue weighted by molar-refractivity contribution is 5.98. The SMILES string of the molecule is COc1ccc(C(=O)C2CCN(C(=O)[C@@H](NC(=O)OCc3ccccc3)C(C)C)CC2)cc1. The smallest absolute Gasteiger partial charge is 0.408 e. The van der Waals surface area contributed by atoms with E-state index >= 15 is 0 Å². The quantitative estimate of drug-likeness (QED) is 0.611. The Bertz CT molecular complexity index is 935. The van der Waals surface area contributed by atoms with E-state index in [0.717, 1.165) is 5.56 Å². The third kappa shape index (κ3) is 6.57. The van der Waals surface area contributed by atoms with Crippen LogP contribution in [0.25, 0.3) is 0 Å². The third-order valence-electron chi connectivity index (χ3n) is 5.97. The van der Waals surface area contributed by atoms with Gasteiger partial charge in [0, 0.05) is 24.6 Å². The van der Waals surface area contributed by atoms with E-state index in [9.17, 15) is 14.4 Å². The number of likely N-dealkylation sites (tertiary alicyclic amines) is 1. The number of hydrogen-bond donors (Lipinski definition) is 1. The maximum atomic E-state index is 13.1. The lowest BCUT2D eigenvalue weighted by molar-refractivity contribution is -0.135. The number of benzene rings is 2. The van der Waals surface area contributed by atoms with Gasteiger partial charge in [0.05, 0.1) is 7.11 Å². The molecule has 7 heteroatoms. The first-order valence-electron chi connectivity index (χ1n) is 11.3. The minimum Gasteiger partial charge on any atom is -0.497 e. The number of ether oxygens (including phenoxy) is 2. The van der Waals surface area contributed by atoms with Gasteiger partial charge in [0.2, 0.25) is 5.91 Å². The molecule has 0 bridgehead atoms. The van der Waals surface area contributed by atoms with Crippen LogP contribution >= 0.6 is 0 Å². The number of methoxy groups -OCH3 is 1. The van der Waals surface area contributed by atoms with Crippen LogP contribution in [0.1, 0.15) is 42.6 Å². The molecule has 1 heterocycles. The van der Waals surface area contributed by atoms with Crippen molar-refractivity contribution in [2.24, 2.45) is 11.8 Å². The highest BCUT2D eigenvalue weighted by atomic mass is 16.5. The van der Waals surface area contributed by atoms with E-state index in [2.05, 4.69) is 5.32 Å². The lowest BCUT2D eigenvalue weighted by atomic mass is 9.88. The van der Waals surface area contributed by atoms with Crippen LogP contribution in [0, 0.1) is 11.8 Å². The summed E-state index contributed by atoms with van der Waals surface area (Å²) in [5, 5.41) is 2.72. The standard InChI is InChI=1S/C26H32N2O5/c1-18(2)23(27-26(31)33-17-19-7-5-4-6-8-19)25(30)28-15-13-21(14-16-28)24(29)20-9-11-22(32-3)12-10-20/h4-12,18,21,23H,13-17H2,1-3H3,(H,27,31)/t23-/m0/s1. The molecule has 2 aromatic carbocycles. The number of amides is 2. The summed E-state index contributed by atoms with van der Waals surface area (Å²) in [7, 11) is 1.59. The number of carbonyl (C=O) groups excluding carboxylic acids is 3. The van der Waals surface area contributed by atoms with Gasteiger partial charge in [-0.2, -0.15) is 0 Å². The number of nitrogens with one attached hydrogen (secondary N) is 1. The van der Waals surface area contributed by atoms with Crippen molar-refractivity contribution < 1.29 is 23.9 Å². The second-order valence-corrected chi connectivity index (χ2v) is 8.62. The van der Waals surface area contributed by atoms with Crippen molar-refractivity contribution in [2.75, 3.05) is 20.2 Å². The molecule has 1 N–H and O–H groups in total. The molecule has 7 nitrogen and oxygen atoms in total. The highest BCUT2D eigenvalue weighted by Gasteiger charge is 2.33. The van der Waals surface area contributed by atoms with Gasteiger partial charge in [0.25, 0.3) is 0 Å². The monoisotopic (exact) mass is 452 g/mol. The molecule has 1 atom stereocenters. The predicted molar refractivity (Wildman–Crippen MR) is 125 cm³/mol. The van der Waals surface area contributed by atoms with Gasteiger partial charge in [-0.05, 0) is 48.6 Å². The maximum Gasteiger partial charge on any atom is 0.408 e. The molecule has 0 radical (unpaired) electrons. The number of rotatable bonds is 8. The Labute approximate surface area is 195 Å². The summed E-state index contributed by atoms with van der Waals surface area (Å²) in [6.07, 6.45) is 0.579. The Morgan fingerprint density at radius 1 is 1.00 bits per heavy atom. The first-order valence-corrected chi connectivity index (χ1v) is 11.3.